The first-order valence-electron chi connectivity index (χ1n) is 6.26. The van der Waals surface area contributed by atoms with Crippen molar-refractivity contribution in [3.8, 4) is 0 Å². The predicted octanol–water partition coefficient (Wildman–Crippen LogP) is 2.27. The summed E-state index contributed by atoms with van der Waals surface area (Å²) in [6.07, 6.45) is 2.07. The van der Waals surface area contributed by atoms with Crippen molar-refractivity contribution in [3.63, 3.8) is 0 Å². The molecule has 2 unspecified atom stereocenters. The smallest absolute Gasteiger partial charge is 0.104 e. The van der Waals surface area contributed by atoms with Crippen LogP contribution in [0.25, 0.3) is 0 Å². The summed E-state index contributed by atoms with van der Waals surface area (Å²) in [5.74, 6) is 0. The Labute approximate surface area is 103 Å². The number of hydrogen-bond donors (Lipinski definition) is 1. The van der Waals surface area contributed by atoms with Gasteiger partial charge in [0.2, 0.25) is 0 Å². The second-order valence-corrected chi connectivity index (χ2v) is 4.71. The Morgan fingerprint density at radius 2 is 2.18 bits per heavy atom. The Kier molecular flexibility index (Phi) is 4.15. The Morgan fingerprint density at radius 3 is 2.76 bits per heavy atom. The van der Waals surface area contributed by atoms with Gasteiger partial charge in [0.1, 0.15) is 5.60 Å². The van der Waals surface area contributed by atoms with Gasteiger partial charge in [-0.05, 0) is 25.3 Å². The first kappa shape index (κ1) is 12.6. The molecule has 1 fully saturated rings. The molecule has 1 aromatic carbocycles. The fourth-order valence-electron chi connectivity index (χ4n) is 2.30. The molecular formula is C14H21NO2. The highest BCUT2D eigenvalue weighted by molar-refractivity contribution is 5.17. The van der Waals surface area contributed by atoms with Crippen LogP contribution in [0.1, 0.15) is 31.4 Å². The predicted molar refractivity (Wildman–Crippen MR) is 67.8 cm³/mol. The molecule has 0 radical (unpaired) electrons. The van der Waals surface area contributed by atoms with Crippen molar-refractivity contribution < 1.29 is 9.47 Å². The van der Waals surface area contributed by atoms with Gasteiger partial charge in [-0.15, -0.1) is 0 Å². The number of ether oxygens (including phenoxy) is 2. The molecule has 0 spiro atoms. The number of hydrogen-bond acceptors (Lipinski definition) is 3. The highest BCUT2D eigenvalue weighted by Crippen LogP contribution is 2.29. The average molecular weight is 235 g/mol. The van der Waals surface area contributed by atoms with E-state index in [1.807, 2.05) is 18.2 Å². The monoisotopic (exact) mass is 235 g/mol. The SMILES string of the molecule is CC(OC1(CN)CCCOC1)c1ccccc1. The molecule has 2 N–H and O–H groups in total. The van der Waals surface area contributed by atoms with Crippen LogP contribution in [0.5, 0.6) is 0 Å². The van der Waals surface area contributed by atoms with Crippen LogP contribution in [0.3, 0.4) is 0 Å². The van der Waals surface area contributed by atoms with Crippen molar-refractivity contribution in [2.24, 2.45) is 5.73 Å². The van der Waals surface area contributed by atoms with Gasteiger partial charge in [0.15, 0.2) is 0 Å². The molecule has 1 aliphatic rings. The molecule has 0 aromatic heterocycles. The van der Waals surface area contributed by atoms with E-state index >= 15 is 0 Å². The molecular weight excluding hydrogens is 214 g/mol. The van der Waals surface area contributed by atoms with Crippen LogP contribution in [-0.2, 0) is 9.47 Å². The second-order valence-electron chi connectivity index (χ2n) is 4.71. The van der Waals surface area contributed by atoms with Crippen LogP contribution >= 0.6 is 0 Å². The van der Waals surface area contributed by atoms with Crippen LogP contribution in [-0.4, -0.2) is 25.4 Å². The lowest BCUT2D eigenvalue weighted by atomic mass is 9.96. The maximum absolute atomic E-state index is 6.16. The minimum absolute atomic E-state index is 0.0569. The van der Waals surface area contributed by atoms with E-state index in [4.69, 9.17) is 15.2 Å². The van der Waals surface area contributed by atoms with E-state index in [0.717, 1.165) is 19.4 Å². The van der Waals surface area contributed by atoms with Gasteiger partial charge in [-0.25, -0.2) is 0 Å². The standard InChI is InChI=1S/C14H21NO2/c1-12(13-6-3-2-4-7-13)17-14(10-15)8-5-9-16-11-14/h2-4,6-7,12H,5,8-11,15H2,1H3. The Bertz CT molecular complexity index is 333. The number of benzene rings is 1. The van der Waals surface area contributed by atoms with Crippen LogP contribution < -0.4 is 5.73 Å². The van der Waals surface area contributed by atoms with Gasteiger partial charge in [0.05, 0.1) is 12.7 Å². The van der Waals surface area contributed by atoms with Gasteiger partial charge >= 0.3 is 0 Å². The van der Waals surface area contributed by atoms with Crippen molar-refractivity contribution in [3.05, 3.63) is 35.9 Å². The molecule has 0 saturated carbocycles. The van der Waals surface area contributed by atoms with Gasteiger partial charge in [0, 0.05) is 13.2 Å². The van der Waals surface area contributed by atoms with Gasteiger partial charge in [-0.2, -0.15) is 0 Å². The van der Waals surface area contributed by atoms with E-state index in [0.29, 0.717) is 13.2 Å². The number of nitrogens with two attached hydrogens (primary N) is 1. The van der Waals surface area contributed by atoms with E-state index in [2.05, 4.69) is 19.1 Å². The molecule has 0 bridgehead atoms. The summed E-state index contributed by atoms with van der Waals surface area (Å²) < 4.78 is 11.7. The lowest BCUT2D eigenvalue weighted by Crippen LogP contribution is -2.48. The molecule has 3 heteroatoms. The molecule has 1 aliphatic heterocycles. The summed E-state index contributed by atoms with van der Waals surface area (Å²) in [4.78, 5) is 0. The third kappa shape index (κ3) is 3.06. The Morgan fingerprint density at radius 1 is 1.41 bits per heavy atom. The van der Waals surface area contributed by atoms with E-state index in [9.17, 15) is 0 Å². The molecule has 1 heterocycles. The largest absolute Gasteiger partial charge is 0.378 e. The summed E-state index contributed by atoms with van der Waals surface area (Å²) in [5, 5.41) is 0. The first-order valence-corrected chi connectivity index (χ1v) is 6.26. The summed E-state index contributed by atoms with van der Waals surface area (Å²) in [5.41, 5.74) is 6.75. The molecule has 0 aliphatic carbocycles. The topological polar surface area (TPSA) is 44.5 Å². The fourth-order valence-corrected chi connectivity index (χ4v) is 2.30. The molecule has 2 atom stereocenters. The molecule has 1 aromatic rings. The normalized spacial score (nSPS) is 26.7. The highest BCUT2D eigenvalue weighted by Gasteiger charge is 2.34. The quantitative estimate of drug-likeness (QED) is 0.870. The minimum atomic E-state index is -0.298. The van der Waals surface area contributed by atoms with E-state index in [1.165, 1.54) is 5.56 Å². The maximum atomic E-state index is 6.16. The lowest BCUT2D eigenvalue weighted by molar-refractivity contribution is -0.150. The second kappa shape index (κ2) is 5.63. The zero-order chi connectivity index (χ0) is 12.1. The van der Waals surface area contributed by atoms with Crippen molar-refractivity contribution in [1.29, 1.82) is 0 Å². The van der Waals surface area contributed by atoms with Crippen LogP contribution in [0.15, 0.2) is 30.3 Å². The molecule has 1 saturated heterocycles. The van der Waals surface area contributed by atoms with Crippen molar-refractivity contribution in [2.75, 3.05) is 19.8 Å². The summed E-state index contributed by atoms with van der Waals surface area (Å²) in [7, 11) is 0. The third-order valence-electron chi connectivity index (χ3n) is 3.35. The van der Waals surface area contributed by atoms with Crippen LogP contribution in [0.4, 0.5) is 0 Å². The molecule has 2 rings (SSSR count). The Hall–Kier alpha value is -0.900. The molecule has 3 nitrogen and oxygen atoms in total. The molecule has 94 valence electrons. The lowest BCUT2D eigenvalue weighted by Gasteiger charge is -2.38. The van der Waals surface area contributed by atoms with Gasteiger partial charge in [-0.1, -0.05) is 30.3 Å². The molecule has 0 amide bonds. The van der Waals surface area contributed by atoms with Crippen LogP contribution in [0, 0.1) is 0 Å². The summed E-state index contributed by atoms with van der Waals surface area (Å²) in [6.45, 7) is 4.02. The minimum Gasteiger partial charge on any atom is -0.378 e. The summed E-state index contributed by atoms with van der Waals surface area (Å²) in [6, 6.07) is 10.2. The van der Waals surface area contributed by atoms with E-state index in [-0.39, 0.29) is 11.7 Å². The maximum Gasteiger partial charge on any atom is 0.104 e. The zero-order valence-electron chi connectivity index (χ0n) is 10.4. The van der Waals surface area contributed by atoms with Crippen molar-refractivity contribution in [1.82, 2.24) is 0 Å². The molecule has 17 heavy (non-hydrogen) atoms. The fraction of sp³-hybridized carbons (Fsp3) is 0.571. The zero-order valence-corrected chi connectivity index (χ0v) is 10.4. The van der Waals surface area contributed by atoms with Gasteiger partial charge < -0.3 is 15.2 Å². The van der Waals surface area contributed by atoms with Gasteiger partial charge in [-0.3, -0.25) is 0 Å². The van der Waals surface area contributed by atoms with Crippen molar-refractivity contribution >= 4 is 0 Å². The first-order chi connectivity index (χ1) is 8.26. The van der Waals surface area contributed by atoms with Gasteiger partial charge in [0.25, 0.3) is 0 Å². The van der Waals surface area contributed by atoms with E-state index < -0.39 is 0 Å². The van der Waals surface area contributed by atoms with Crippen LogP contribution in [0.2, 0.25) is 0 Å². The highest BCUT2D eigenvalue weighted by atomic mass is 16.6. The van der Waals surface area contributed by atoms with E-state index in [1.54, 1.807) is 0 Å². The number of rotatable bonds is 4. The Balaban J connectivity index is 2.03. The van der Waals surface area contributed by atoms with Crippen molar-refractivity contribution in [2.45, 2.75) is 31.5 Å². The summed E-state index contributed by atoms with van der Waals surface area (Å²) >= 11 is 0. The average Bonchev–Trinajstić information content (AvgIpc) is 2.41. The third-order valence-corrected chi connectivity index (χ3v) is 3.35.